The van der Waals surface area contributed by atoms with E-state index in [0.29, 0.717) is 12.2 Å². The molecule has 2 heterocycles. The van der Waals surface area contributed by atoms with E-state index in [9.17, 15) is 4.79 Å². The van der Waals surface area contributed by atoms with E-state index in [4.69, 9.17) is 0 Å². The van der Waals surface area contributed by atoms with Gasteiger partial charge < -0.3 is 5.32 Å². The van der Waals surface area contributed by atoms with Crippen molar-refractivity contribution < 1.29 is 4.79 Å². The maximum Gasteiger partial charge on any atom is 0.272 e. The smallest absolute Gasteiger partial charge is 0.272 e. The predicted octanol–water partition coefficient (Wildman–Crippen LogP) is 3.13. The first kappa shape index (κ1) is 15.8. The van der Waals surface area contributed by atoms with E-state index in [1.165, 1.54) is 18.4 Å². The van der Waals surface area contributed by atoms with E-state index in [-0.39, 0.29) is 11.9 Å². The lowest BCUT2D eigenvalue weighted by molar-refractivity contribution is 0.0934. The van der Waals surface area contributed by atoms with Gasteiger partial charge in [-0.05, 0) is 37.6 Å². The normalized spacial score (nSPS) is 16.2. The van der Waals surface area contributed by atoms with Gasteiger partial charge in [0.05, 0.1) is 11.6 Å². The summed E-state index contributed by atoms with van der Waals surface area (Å²) in [5.41, 5.74) is 2.59. The topological polar surface area (TPSA) is 61.0 Å². The van der Waals surface area contributed by atoms with Crippen LogP contribution in [0.1, 0.15) is 34.9 Å². The summed E-state index contributed by atoms with van der Waals surface area (Å²) in [6.07, 6.45) is 2.45. The lowest BCUT2D eigenvalue weighted by Crippen LogP contribution is -2.37. The first-order valence-electron chi connectivity index (χ1n) is 8.83. The van der Waals surface area contributed by atoms with Crippen molar-refractivity contribution in [3.8, 4) is 0 Å². The minimum atomic E-state index is -0.127. The van der Waals surface area contributed by atoms with E-state index in [1.807, 2.05) is 30.3 Å². The Morgan fingerprint density at radius 3 is 2.60 bits per heavy atom. The van der Waals surface area contributed by atoms with Crippen LogP contribution < -0.4 is 5.32 Å². The van der Waals surface area contributed by atoms with Crippen molar-refractivity contribution in [3.05, 3.63) is 65.9 Å². The fourth-order valence-electron chi connectivity index (χ4n) is 3.60. The number of rotatable bonds is 5. The average molecular weight is 334 g/mol. The predicted molar refractivity (Wildman–Crippen MR) is 98.4 cm³/mol. The van der Waals surface area contributed by atoms with Crippen molar-refractivity contribution in [1.82, 2.24) is 20.4 Å². The molecule has 0 bridgehead atoms. The largest absolute Gasteiger partial charge is 0.349 e. The Morgan fingerprint density at radius 2 is 1.80 bits per heavy atom. The molecule has 1 aliphatic heterocycles. The van der Waals surface area contributed by atoms with Crippen LogP contribution in [0.25, 0.3) is 10.9 Å². The Morgan fingerprint density at radius 1 is 1.08 bits per heavy atom. The minimum Gasteiger partial charge on any atom is -0.349 e. The molecule has 5 nitrogen and oxygen atoms in total. The minimum absolute atomic E-state index is 0.127. The van der Waals surface area contributed by atoms with Crippen molar-refractivity contribution in [2.45, 2.75) is 18.9 Å². The van der Waals surface area contributed by atoms with Crippen LogP contribution in [0.3, 0.4) is 0 Å². The van der Waals surface area contributed by atoms with Crippen molar-refractivity contribution >= 4 is 16.8 Å². The number of fused-ring (bicyclic) bond motifs is 1. The number of carbonyl (C=O) groups is 1. The number of likely N-dealkylation sites (tertiary alicyclic amines) is 1. The van der Waals surface area contributed by atoms with Gasteiger partial charge in [-0.3, -0.25) is 14.8 Å². The molecular weight excluding hydrogens is 312 g/mol. The maximum absolute atomic E-state index is 12.7. The zero-order chi connectivity index (χ0) is 17.1. The van der Waals surface area contributed by atoms with E-state index >= 15 is 0 Å². The number of carbonyl (C=O) groups excluding carboxylic acids is 1. The van der Waals surface area contributed by atoms with Gasteiger partial charge in [0.1, 0.15) is 0 Å². The van der Waals surface area contributed by atoms with Crippen LogP contribution in [0.15, 0.2) is 54.6 Å². The van der Waals surface area contributed by atoms with Gasteiger partial charge in [-0.15, -0.1) is 0 Å². The molecule has 1 unspecified atom stereocenters. The molecule has 2 aromatic carbocycles. The third-order valence-corrected chi connectivity index (χ3v) is 4.91. The summed E-state index contributed by atoms with van der Waals surface area (Å²) in [5, 5.41) is 11.1. The molecule has 0 radical (unpaired) electrons. The second kappa shape index (κ2) is 7.07. The summed E-state index contributed by atoms with van der Waals surface area (Å²) in [7, 11) is 0. The fraction of sp³-hybridized carbons (Fsp3) is 0.300. The molecule has 5 heteroatoms. The third kappa shape index (κ3) is 3.28. The number of nitrogens with zero attached hydrogens (tertiary/aromatic N) is 2. The second-order valence-electron chi connectivity index (χ2n) is 6.50. The van der Waals surface area contributed by atoms with Gasteiger partial charge in [0.25, 0.3) is 5.91 Å². The molecule has 0 spiro atoms. The zero-order valence-electron chi connectivity index (χ0n) is 14.1. The highest BCUT2D eigenvalue weighted by Crippen LogP contribution is 2.24. The molecule has 1 amide bonds. The van der Waals surface area contributed by atoms with E-state index in [2.05, 4.69) is 44.7 Å². The quantitative estimate of drug-likeness (QED) is 0.753. The number of benzene rings is 2. The highest BCUT2D eigenvalue weighted by molar-refractivity contribution is 6.04. The van der Waals surface area contributed by atoms with Crippen LogP contribution in [0.4, 0.5) is 0 Å². The average Bonchev–Trinajstić information content (AvgIpc) is 3.32. The van der Waals surface area contributed by atoms with Gasteiger partial charge in [-0.25, -0.2) is 0 Å². The molecule has 25 heavy (non-hydrogen) atoms. The van der Waals surface area contributed by atoms with Gasteiger partial charge in [-0.2, -0.15) is 5.10 Å². The second-order valence-corrected chi connectivity index (χ2v) is 6.50. The van der Waals surface area contributed by atoms with Gasteiger partial charge in [0.15, 0.2) is 5.69 Å². The number of hydrogen-bond donors (Lipinski definition) is 2. The number of aromatic amines is 1. The summed E-state index contributed by atoms with van der Waals surface area (Å²) in [6, 6.07) is 18.3. The van der Waals surface area contributed by atoms with Crippen LogP contribution in [0.5, 0.6) is 0 Å². The van der Waals surface area contributed by atoms with Crippen molar-refractivity contribution in [3.63, 3.8) is 0 Å². The van der Waals surface area contributed by atoms with Crippen LogP contribution in [0, 0.1) is 0 Å². The van der Waals surface area contributed by atoms with Crippen molar-refractivity contribution in [2.75, 3.05) is 19.6 Å². The summed E-state index contributed by atoms with van der Waals surface area (Å²) < 4.78 is 0. The highest BCUT2D eigenvalue weighted by atomic mass is 16.1. The van der Waals surface area contributed by atoms with Crippen LogP contribution in [-0.4, -0.2) is 40.6 Å². The molecule has 1 aromatic heterocycles. The number of para-hydroxylation sites is 1. The van der Waals surface area contributed by atoms with E-state index in [1.54, 1.807) is 0 Å². The molecule has 1 saturated heterocycles. The lowest BCUT2D eigenvalue weighted by Gasteiger charge is -2.28. The molecule has 4 rings (SSSR count). The summed E-state index contributed by atoms with van der Waals surface area (Å²) >= 11 is 0. The number of amides is 1. The fourth-order valence-corrected chi connectivity index (χ4v) is 3.60. The highest BCUT2D eigenvalue weighted by Gasteiger charge is 2.24. The number of nitrogens with one attached hydrogen (secondary N) is 2. The zero-order valence-corrected chi connectivity index (χ0v) is 14.1. The molecule has 1 fully saturated rings. The molecular formula is C20H22N4O. The van der Waals surface area contributed by atoms with E-state index < -0.39 is 0 Å². The van der Waals surface area contributed by atoms with Gasteiger partial charge in [0.2, 0.25) is 0 Å². The van der Waals surface area contributed by atoms with Crippen LogP contribution in [-0.2, 0) is 0 Å². The van der Waals surface area contributed by atoms with Crippen LogP contribution >= 0.6 is 0 Å². The Bertz CT molecular complexity index is 852. The summed E-state index contributed by atoms with van der Waals surface area (Å²) in [6.45, 7) is 2.76. The van der Waals surface area contributed by atoms with Crippen molar-refractivity contribution in [2.24, 2.45) is 0 Å². The third-order valence-electron chi connectivity index (χ3n) is 4.91. The monoisotopic (exact) mass is 334 g/mol. The molecule has 3 aromatic rings. The maximum atomic E-state index is 12.7. The molecule has 0 saturated carbocycles. The SMILES string of the molecule is O=C(NCC(c1ccccc1)N1CCCC1)c1n[nH]c2ccccc12. The summed E-state index contributed by atoms with van der Waals surface area (Å²) in [4.78, 5) is 15.1. The summed E-state index contributed by atoms with van der Waals surface area (Å²) in [5.74, 6) is -0.127. The molecule has 1 atom stereocenters. The first-order chi connectivity index (χ1) is 12.3. The number of aromatic nitrogens is 2. The van der Waals surface area contributed by atoms with Gasteiger partial charge in [-0.1, -0.05) is 48.5 Å². The number of H-pyrrole nitrogens is 1. The first-order valence-corrected chi connectivity index (χ1v) is 8.83. The lowest BCUT2D eigenvalue weighted by atomic mass is 10.1. The van der Waals surface area contributed by atoms with E-state index in [0.717, 1.165) is 24.0 Å². The van der Waals surface area contributed by atoms with Gasteiger partial charge in [0, 0.05) is 11.9 Å². The molecule has 128 valence electrons. The Kier molecular flexibility index (Phi) is 4.48. The Hall–Kier alpha value is -2.66. The number of hydrogen-bond acceptors (Lipinski definition) is 3. The Balaban J connectivity index is 1.51. The van der Waals surface area contributed by atoms with Crippen LogP contribution in [0.2, 0.25) is 0 Å². The molecule has 2 N–H and O–H groups in total. The standard InChI is InChI=1S/C20H22N4O/c25-20(19-16-10-4-5-11-17(16)22-23-19)21-14-18(24-12-6-7-13-24)15-8-2-1-3-9-15/h1-5,8-11,18H,6-7,12-14H2,(H,21,25)(H,22,23). The molecule has 0 aliphatic carbocycles. The van der Waals surface area contributed by atoms with Crippen molar-refractivity contribution in [1.29, 1.82) is 0 Å². The molecule has 1 aliphatic rings. The van der Waals surface area contributed by atoms with Gasteiger partial charge >= 0.3 is 0 Å². The Labute approximate surface area is 147 Å².